The molecule has 0 aromatic carbocycles. The number of amides is 1. The Morgan fingerprint density at radius 2 is 2.22 bits per heavy atom. The molecule has 0 aliphatic heterocycles. The normalized spacial score (nSPS) is 12.7. The number of hydrogen-bond acceptors (Lipinski definition) is 3. The van der Waals surface area contributed by atoms with Gasteiger partial charge in [-0.15, -0.1) is 0 Å². The quantitative estimate of drug-likeness (QED) is 0.768. The lowest BCUT2D eigenvalue weighted by Crippen LogP contribution is -2.27. The van der Waals surface area contributed by atoms with Crippen molar-refractivity contribution < 1.29 is 4.79 Å². The van der Waals surface area contributed by atoms with E-state index in [2.05, 4.69) is 28.7 Å². The summed E-state index contributed by atoms with van der Waals surface area (Å²) in [5.41, 5.74) is 5.61. The number of carbonyl (C=O) groups is 1. The number of nitrogens with one attached hydrogen (secondary N) is 1. The standard InChI is InChI=1S/C13H24N4O/c1-10(2)9-17-7-6-15-12(17)8-16-13(18)5-4-11(3)14/h6-7,10-11H,4-5,8-9,14H2,1-3H3,(H,16,18). The van der Waals surface area contributed by atoms with Gasteiger partial charge in [0.1, 0.15) is 5.82 Å². The van der Waals surface area contributed by atoms with E-state index < -0.39 is 0 Å². The first-order valence-corrected chi connectivity index (χ1v) is 6.51. The molecule has 0 fully saturated rings. The van der Waals surface area contributed by atoms with E-state index in [0.29, 0.717) is 25.3 Å². The van der Waals surface area contributed by atoms with E-state index in [1.54, 1.807) is 6.20 Å². The smallest absolute Gasteiger partial charge is 0.220 e. The second-order valence-corrected chi connectivity index (χ2v) is 5.18. The second kappa shape index (κ2) is 7.16. The zero-order chi connectivity index (χ0) is 13.5. The number of hydrogen-bond donors (Lipinski definition) is 2. The minimum Gasteiger partial charge on any atom is -0.349 e. The molecule has 18 heavy (non-hydrogen) atoms. The van der Waals surface area contributed by atoms with Gasteiger partial charge in [0.05, 0.1) is 6.54 Å². The van der Waals surface area contributed by atoms with E-state index in [1.807, 2.05) is 13.1 Å². The Balaban J connectivity index is 2.39. The van der Waals surface area contributed by atoms with Gasteiger partial charge in [-0.3, -0.25) is 4.79 Å². The highest BCUT2D eigenvalue weighted by atomic mass is 16.1. The van der Waals surface area contributed by atoms with E-state index >= 15 is 0 Å². The zero-order valence-corrected chi connectivity index (χ0v) is 11.5. The Bertz CT molecular complexity index is 371. The molecule has 1 atom stereocenters. The Morgan fingerprint density at radius 1 is 1.50 bits per heavy atom. The molecular formula is C13H24N4O. The average Bonchev–Trinajstić information content (AvgIpc) is 2.70. The van der Waals surface area contributed by atoms with Crippen LogP contribution in [-0.2, 0) is 17.9 Å². The van der Waals surface area contributed by atoms with Crippen molar-refractivity contribution in [2.75, 3.05) is 0 Å². The molecule has 0 saturated carbocycles. The van der Waals surface area contributed by atoms with Crippen molar-refractivity contribution in [3.63, 3.8) is 0 Å². The predicted octanol–water partition coefficient (Wildman–Crippen LogP) is 1.28. The van der Waals surface area contributed by atoms with Gasteiger partial charge < -0.3 is 15.6 Å². The van der Waals surface area contributed by atoms with Crippen LogP contribution in [0.5, 0.6) is 0 Å². The first-order valence-electron chi connectivity index (χ1n) is 6.51. The number of rotatable bonds is 7. The number of carbonyl (C=O) groups excluding carboxylic acids is 1. The number of imidazole rings is 1. The van der Waals surface area contributed by atoms with Crippen LogP contribution in [0, 0.1) is 5.92 Å². The molecule has 5 nitrogen and oxygen atoms in total. The molecule has 1 unspecified atom stereocenters. The van der Waals surface area contributed by atoms with Crippen LogP contribution in [-0.4, -0.2) is 21.5 Å². The van der Waals surface area contributed by atoms with Gasteiger partial charge in [-0.25, -0.2) is 4.98 Å². The van der Waals surface area contributed by atoms with Gasteiger partial charge >= 0.3 is 0 Å². The molecule has 5 heteroatoms. The molecule has 0 radical (unpaired) electrons. The van der Waals surface area contributed by atoms with E-state index in [1.165, 1.54) is 0 Å². The van der Waals surface area contributed by atoms with Crippen LogP contribution in [0.2, 0.25) is 0 Å². The SMILES string of the molecule is CC(C)Cn1ccnc1CNC(=O)CCC(C)N. The molecule has 1 aromatic rings. The lowest BCUT2D eigenvalue weighted by Gasteiger charge is -2.11. The summed E-state index contributed by atoms with van der Waals surface area (Å²) in [6, 6.07) is 0.0682. The largest absolute Gasteiger partial charge is 0.349 e. The molecule has 0 aliphatic rings. The fraction of sp³-hybridized carbons (Fsp3) is 0.692. The maximum Gasteiger partial charge on any atom is 0.220 e. The molecule has 1 rings (SSSR count). The van der Waals surface area contributed by atoms with Crippen molar-refractivity contribution >= 4 is 5.91 Å². The van der Waals surface area contributed by atoms with Crippen molar-refractivity contribution in [2.45, 2.75) is 52.7 Å². The third-order valence-corrected chi connectivity index (χ3v) is 2.63. The van der Waals surface area contributed by atoms with E-state index in [9.17, 15) is 4.79 Å². The van der Waals surface area contributed by atoms with Gasteiger partial charge in [-0.2, -0.15) is 0 Å². The van der Waals surface area contributed by atoms with Crippen molar-refractivity contribution in [3.05, 3.63) is 18.2 Å². The van der Waals surface area contributed by atoms with E-state index in [4.69, 9.17) is 5.73 Å². The van der Waals surface area contributed by atoms with E-state index in [-0.39, 0.29) is 11.9 Å². The highest BCUT2D eigenvalue weighted by Crippen LogP contribution is 2.03. The summed E-state index contributed by atoms with van der Waals surface area (Å²) >= 11 is 0. The van der Waals surface area contributed by atoms with Crippen LogP contribution in [0.3, 0.4) is 0 Å². The summed E-state index contributed by atoms with van der Waals surface area (Å²) in [4.78, 5) is 15.8. The molecule has 1 amide bonds. The Hall–Kier alpha value is -1.36. The van der Waals surface area contributed by atoms with Crippen molar-refractivity contribution in [3.8, 4) is 0 Å². The Labute approximate surface area is 109 Å². The van der Waals surface area contributed by atoms with Crippen molar-refractivity contribution in [1.82, 2.24) is 14.9 Å². The molecule has 1 heterocycles. The third-order valence-electron chi connectivity index (χ3n) is 2.63. The minimum atomic E-state index is 0.0337. The minimum absolute atomic E-state index is 0.0337. The average molecular weight is 252 g/mol. The third kappa shape index (κ3) is 5.31. The summed E-state index contributed by atoms with van der Waals surface area (Å²) in [7, 11) is 0. The zero-order valence-electron chi connectivity index (χ0n) is 11.5. The monoisotopic (exact) mass is 252 g/mol. The topological polar surface area (TPSA) is 72.9 Å². The fourth-order valence-corrected chi connectivity index (χ4v) is 1.69. The molecule has 102 valence electrons. The molecule has 1 aromatic heterocycles. The van der Waals surface area contributed by atoms with Gasteiger partial charge in [0.15, 0.2) is 0 Å². The molecule has 0 spiro atoms. The molecule has 0 bridgehead atoms. The highest BCUT2D eigenvalue weighted by Gasteiger charge is 2.07. The van der Waals surface area contributed by atoms with Crippen LogP contribution in [0.4, 0.5) is 0 Å². The lowest BCUT2D eigenvalue weighted by molar-refractivity contribution is -0.121. The maximum absolute atomic E-state index is 11.6. The predicted molar refractivity (Wildman–Crippen MR) is 71.8 cm³/mol. The molecule has 0 aliphatic carbocycles. The Morgan fingerprint density at radius 3 is 2.83 bits per heavy atom. The van der Waals surface area contributed by atoms with Gasteiger partial charge in [0.2, 0.25) is 5.91 Å². The van der Waals surface area contributed by atoms with Crippen molar-refractivity contribution in [1.29, 1.82) is 0 Å². The highest BCUT2D eigenvalue weighted by molar-refractivity contribution is 5.75. The lowest BCUT2D eigenvalue weighted by atomic mass is 10.2. The Kier molecular flexibility index (Phi) is 5.85. The van der Waals surface area contributed by atoms with Gasteiger partial charge in [0.25, 0.3) is 0 Å². The van der Waals surface area contributed by atoms with Gasteiger partial charge in [-0.05, 0) is 19.3 Å². The first-order chi connectivity index (χ1) is 8.49. The molecule has 0 saturated heterocycles. The second-order valence-electron chi connectivity index (χ2n) is 5.18. The molecule has 3 N–H and O–H groups in total. The molecular weight excluding hydrogens is 228 g/mol. The fourth-order valence-electron chi connectivity index (χ4n) is 1.69. The van der Waals surface area contributed by atoms with Crippen LogP contribution in [0.15, 0.2) is 12.4 Å². The van der Waals surface area contributed by atoms with Gasteiger partial charge in [0, 0.05) is 31.4 Å². The summed E-state index contributed by atoms with van der Waals surface area (Å²) in [5.74, 6) is 1.50. The summed E-state index contributed by atoms with van der Waals surface area (Å²) < 4.78 is 2.08. The number of nitrogens with two attached hydrogens (primary N) is 1. The van der Waals surface area contributed by atoms with Crippen LogP contribution < -0.4 is 11.1 Å². The van der Waals surface area contributed by atoms with Crippen molar-refractivity contribution in [2.24, 2.45) is 11.7 Å². The number of aromatic nitrogens is 2. The summed E-state index contributed by atoms with van der Waals surface area (Å²) in [6.45, 7) is 7.63. The summed E-state index contributed by atoms with van der Waals surface area (Å²) in [5, 5.41) is 2.88. The maximum atomic E-state index is 11.6. The summed E-state index contributed by atoms with van der Waals surface area (Å²) in [6.07, 6.45) is 4.91. The van der Waals surface area contributed by atoms with Crippen LogP contribution in [0.25, 0.3) is 0 Å². The first kappa shape index (κ1) is 14.7. The van der Waals surface area contributed by atoms with Gasteiger partial charge in [-0.1, -0.05) is 13.8 Å². The van der Waals surface area contributed by atoms with E-state index in [0.717, 1.165) is 12.4 Å². The van der Waals surface area contributed by atoms with Crippen LogP contribution >= 0.6 is 0 Å². The number of nitrogens with zero attached hydrogens (tertiary/aromatic N) is 2. The van der Waals surface area contributed by atoms with Crippen LogP contribution in [0.1, 0.15) is 39.4 Å².